The minimum absolute atomic E-state index is 0.482. The van der Waals surface area contributed by atoms with Crippen LogP contribution >= 0.6 is 0 Å². The van der Waals surface area contributed by atoms with Crippen molar-refractivity contribution in [2.24, 2.45) is 5.92 Å². The quantitative estimate of drug-likeness (QED) is 0.825. The van der Waals surface area contributed by atoms with Gasteiger partial charge in [-0.1, -0.05) is 26.0 Å². The van der Waals surface area contributed by atoms with E-state index in [1.54, 1.807) is 7.11 Å². The topological polar surface area (TPSA) is 21.3 Å². The first-order valence-corrected chi connectivity index (χ1v) is 6.15. The summed E-state index contributed by atoms with van der Waals surface area (Å²) in [4.78, 5) is 0. The SMILES string of the molecule is CCC1NCC(C)Cc2c(OC)cccc21. The first-order valence-electron chi connectivity index (χ1n) is 6.15. The van der Waals surface area contributed by atoms with Crippen LogP contribution in [0.25, 0.3) is 0 Å². The Morgan fingerprint density at radius 1 is 1.44 bits per heavy atom. The molecule has 0 radical (unpaired) electrons. The zero-order chi connectivity index (χ0) is 11.5. The molecule has 1 aromatic rings. The molecule has 1 heterocycles. The van der Waals surface area contributed by atoms with E-state index in [0.29, 0.717) is 12.0 Å². The van der Waals surface area contributed by atoms with Gasteiger partial charge in [0.15, 0.2) is 0 Å². The lowest BCUT2D eigenvalue weighted by Gasteiger charge is -2.18. The maximum atomic E-state index is 5.48. The first kappa shape index (κ1) is 11.5. The van der Waals surface area contributed by atoms with Gasteiger partial charge in [0.05, 0.1) is 7.11 Å². The molecule has 1 N–H and O–H groups in total. The van der Waals surface area contributed by atoms with Crippen LogP contribution in [0.1, 0.15) is 37.4 Å². The second kappa shape index (κ2) is 4.88. The Bertz CT molecular complexity index is 362. The molecule has 0 aromatic heterocycles. The summed E-state index contributed by atoms with van der Waals surface area (Å²) in [6.07, 6.45) is 2.25. The van der Waals surface area contributed by atoms with Gasteiger partial charge >= 0.3 is 0 Å². The van der Waals surface area contributed by atoms with E-state index in [1.165, 1.54) is 11.1 Å². The number of rotatable bonds is 2. The van der Waals surface area contributed by atoms with Crippen LogP contribution in [0.5, 0.6) is 5.75 Å². The van der Waals surface area contributed by atoms with Crippen molar-refractivity contribution >= 4 is 0 Å². The van der Waals surface area contributed by atoms with Crippen LogP contribution in [0.3, 0.4) is 0 Å². The largest absolute Gasteiger partial charge is 0.496 e. The Kier molecular flexibility index (Phi) is 3.49. The predicted molar refractivity (Wildman–Crippen MR) is 66.9 cm³/mol. The van der Waals surface area contributed by atoms with Crippen LogP contribution in [0, 0.1) is 5.92 Å². The normalized spacial score (nSPS) is 24.7. The third-order valence-electron chi connectivity index (χ3n) is 3.44. The molecule has 0 amide bonds. The minimum Gasteiger partial charge on any atom is -0.496 e. The molecule has 2 nitrogen and oxygen atoms in total. The van der Waals surface area contributed by atoms with Gasteiger partial charge < -0.3 is 10.1 Å². The van der Waals surface area contributed by atoms with Crippen LogP contribution in [-0.2, 0) is 6.42 Å². The summed E-state index contributed by atoms with van der Waals surface area (Å²) in [5, 5.41) is 3.63. The molecule has 0 bridgehead atoms. The van der Waals surface area contributed by atoms with E-state index in [2.05, 4.69) is 37.4 Å². The highest BCUT2D eigenvalue weighted by Crippen LogP contribution is 2.32. The molecule has 2 heteroatoms. The van der Waals surface area contributed by atoms with Gasteiger partial charge in [0.25, 0.3) is 0 Å². The van der Waals surface area contributed by atoms with Crippen molar-refractivity contribution in [1.29, 1.82) is 0 Å². The lowest BCUT2D eigenvalue weighted by molar-refractivity contribution is 0.406. The first-order chi connectivity index (χ1) is 7.76. The van der Waals surface area contributed by atoms with E-state index in [9.17, 15) is 0 Å². The van der Waals surface area contributed by atoms with Gasteiger partial charge in [-0.2, -0.15) is 0 Å². The summed E-state index contributed by atoms with van der Waals surface area (Å²) in [6.45, 7) is 5.62. The van der Waals surface area contributed by atoms with Crippen molar-refractivity contribution in [1.82, 2.24) is 5.32 Å². The average Bonchev–Trinajstić information content (AvgIpc) is 2.46. The van der Waals surface area contributed by atoms with E-state index in [4.69, 9.17) is 4.74 Å². The lowest BCUT2D eigenvalue weighted by atomic mass is 9.94. The molecule has 0 saturated heterocycles. The van der Waals surface area contributed by atoms with Crippen LogP contribution in [0.4, 0.5) is 0 Å². The summed E-state index contributed by atoms with van der Waals surface area (Å²) in [7, 11) is 1.76. The Hall–Kier alpha value is -1.02. The Labute approximate surface area is 98.0 Å². The number of ether oxygens (including phenoxy) is 1. The minimum atomic E-state index is 0.482. The number of hydrogen-bond acceptors (Lipinski definition) is 2. The highest BCUT2D eigenvalue weighted by Gasteiger charge is 2.22. The van der Waals surface area contributed by atoms with Crippen molar-refractivity contribution in [3.05, 3.63) is 29.3 Å². The molecule has 1 aliphatic rings. The van der Waals surface area contributed by atoms with E-state index >= 15 is 0 Å². The van der Waals surface area contributed by atoms with E-state index in [1.807, 2.05) is 0 Å². The third-order valence-corrected chi connectivity index (χ3v) is 3.44. The summed E-state index contributed by atoms with van der Waals surface area (Å²) in [5.74, 6) is 1.72. The van der Waals surface area contributed by atoms with Gasteiger partial charge in [0, 0.05) is 6.04 Å². The molecule has 88 valence electrons. The van der Waals surface area contributed by atoms with E-state index in [-0.39, 0.29) is 0 Å². The fourth-order valence-electron chi connectivity index (χ4n) is 2.56. The number of hydrogen-bond donors (Lipinski definition) is 1. The zero-order valence-corrected chi connectivity index (χ0v) is 10.4. The molecule has 1 aliphatic heterocycles. The summed E-state index contributed by atoms with van der Waals surface area (Å²) < 4.78 is 5.48. The van der Waals surface area contributed by atoms with Crippen molar-refractivity contribution in [3.63, 3.8) is 0 Å². The van der Waals surface area contributed by atoms with Gasteiger partial charge in [-0.3, -0.25) is 0 Å². The van der Waals surface area contributed by atoms with Crippen molar-refractivity contribution in [2.75, 3.05) is 13.7 Å². The second-order valence-electron chi connectivity index (χ2n) is 4.71. The molecule has 0 spiro atoms. The Balaban J connectivity index is 2.45. The molecule has 1 aromatic carbocycles. The van der Waals surface area contributed by atoms with E-state index < -0.39 is 0 Å². The fraction of sp³-hybridized carbons (Fsp3) is 0.571. The summed E-state index contributed by atoms with van der Waals surface area (Å²) in [6, 6.07) is 6.88. The van der Waals surface area contributed by atoms with Gasteiger partial charge in [0.2, 0.25) is 0 Å². The van der Waals surface area contributed by atoms with Crippen LogP contribution in [-0.4, -0.2) is 13.7 Å². The molecule has 16 heavy (non-hydrogen) atoms. The van der Waals surface area contributed by atoms with Gasteiger partial charge in [-0.25, -0.2) is 0 Å². The van der Waals surface area contributed by atoms with Gasteiger partial charge in [-0.15, -0.1) is 0 Å². The molecular weight excluding hydrogens is 198 g/mol. The van der Waals surface area contributed by atoms with Gasteiger partial charge in [0.1, 0.15) is 5.75 Å². The predicted octanol–water partition coefficient (Wildman–Crippen LogP) is 2.93. The second-order valence-corrected chi connectivity index (χ2v) is 4.71. The highest BCUT2D eigenvalue weighted by molar-refractivity contribution is 5.43. The Morgan fingerprint density at radius 3 is 2.94 bits per heavy atom. The van der Waals surface area contributed by atoms with Crippen molar-refractivity contribution in [2.45, 2.75) is 32.7 Å². The summed E-state index contributed by atoms with van der Waals surface area (Å²) in [5.41, 5.74) is 2.82. The summed E-state index contributed by atoms with van der Waals surface area (Å²) >= 11 is 0. The zero-order valence-electron chi connectivity index (χ0n) is 10.4. The smallest absolute Gasteiger partial charge is 0.122 e. The monoisotopic (exact) mass is 219 g/mol. The molecular formula is C14H21NO. The maximum Gasteiger partial charge on any atom is 0.122 e. The molecule has 2 atom stereocenters. The average molecular weight is 219 g/mol. The van der Waals surface area contributed by atoms with Crippen molar-refractivity contribution in [3.8, 4) is 5.75 Å². The number of methoxy groups -OCH3 is 1. The molecule has 0 saturated carbocycles. The fourth-order valence-corrected chi connectivity index (χ4v) is 2.56. The van der Waals surface area contributed by atoms with Crippen molar-refractivity contribution < 1.29 is 4.74 Å². The lowest BCUT2D eigenvalue weighted by Crippen LogP contribution is -2.23. The van der Waals surface area contributed by atoms with Gasteiger partial charge in [-0.05, 0) is 42.5 Å². The van der Waals surface area contributed by atoms with Crippen LogP contribution < -0.4 is 10.1 Å². The van der Waals surface area contributed by atoms with E-state index in [0.717, 1.165) is 25.1 Å². The van der Waals surface area contributed by atoms with Crippen LogP contribution in [0.2, 0.25) is 0 Å². The molecule has 2 rings (SSSR count). The number of benzene rings is 1. The molecule has 2 unspecified atom stereocenters. The molecule has 0 fully saturated rings. The standard InChI is InChI=1S/C14H21NO/c1-4-13-11-6-5-7-14(16-3)12(11)8-10(2)9-15-13/h5-7,10,13,15H,4,8-9H2,1-3H3. The number of nitrogens with one attached hydrogen (secondary N) is 1. The number of fused-ring (bicyclic) bond motifs is 1. The highest BCUT2D eigenvalue weighted by atomic mass is 16.5. The van der Waals surface area contributed by atoms with Crippen LogP contribution in [0.15, 0.2) is 18.2 Å². The Morgan fingerprint density at radius 2 is 2.25 bits per heavy atom. The third kappa shape index (κ3) is 2.07. The maximum absolute atomic E-state index is 5.48. The molecule has 0 aliphatic carbocycles.